The first-order chi connectivity index (χ1) is 9.65. The van der Waals surface area contributed by atoms with Crippen LogP contribution in [0.1, 0.15) is 5.56 Å². The monoisotopic (exact) mass is 328 g/mol. The topological polar surface area (TPSA) is 56.7 Å². The Hall–Kier alpha value is -2.14. The summed E-state index contributed by atoms with van der Waals surface area (Å²) < 4.78 is 3.04. The molecule has 2 heterocycles. The van der Waals surface area contributed by atoms with Crippen LogP contribution in [0.3, 0.4) is 0 Å². The van der Waals surface area contributed by atoms with E-state index in [-0.39, 0.29) is 0 Å². The van der Waals surface area contributed by atoms with E-state index in [0.29, 0.717) is 5.69 Å². The predicted octanol–water partition coefficient (Wildman–Crippen LogP) is 3.59. The number of nitrogens with two attached hydrogens (primary N) is 1. The Morgan fingerprint density at radius 2 is 2.00 bits per heavy atom. The van der Waals surface area contributed by atoms with E-state index < -0.39 is 0 Å². The summed E-state index contributed by atoms with van der Waals surface area (Å²) in [5, 5.41) is 0. The number of rotatable bonds is 2. The normalized spacial score (nSPS) is 10.7. The van der Waals surface area contributed by atoms with Crippen molar-refractivity contribution >= 4 is 21.6 Å². The average Bonchev–Trinajstić information content (AvgIpc) is 2.87. The summed E-state index contributed by atoms with van der Waals surface area (Å²) in [5.41, 5.74) is 10.7. The molecule has 0 amide bonds. The van der Waals surface area contributed by atoms with Crippen molar-refractivity contribution in [1.82, 2.24) is 14.5 Å². The summed E-state index contributed by atoms with van der Waals surface area (Å²) in [6.45, 7) is 2.06. The van der Waals surface area contributed by atoms with Gasteiger partial charge in [0.25, 0.3) is 0 Å². The minimum Gasteiger partial charge on any atom is -0.398 e. The van der Waals surface area contributed by atoms with E-state index in [4.69, 9.17) is 5.73 Å². The van der Waals surface area contributed by atoms with Crippen molar-refractivity contribution in [3.8, 4) is 16.9 Å². The van der Waals surface area contributed by atoms with Crippen LogP contribution >= 0.6 is 15.9 Å². The molecule has 2 aromatic heterocycles. The first kappa shape index (κ1) is 12.9. The Labute approximate surface area is 125 Å². The first-order valence-corrected chi connectivity index (χ1v) is 6.94. The summed E-state index contributed by atoms with van der Waals surface area (Å²) in [5.74, 6) is 0. The Kier molecular flexibility index (Phi) is 3.28. The third kappa shape index (κ3) is 2.32. The Bertz CT molecular complexity index is 744. The van der Waals surface area contributed by atoms with Crippen LogP contribution in [0, 0.1) is 6.92 Å². The Balaban J connectivity index is 2.18. The number of aromatic nitrogens is 3. The van der Waals surface area contributed by atoms with Gasteiger partial charge in [0.05, 0.1) is 18.2 Å². The molecule has 0 atom stereocenters. The molecule has 0 aliphatic carbocycles. The fraction of sp³-hybridized carbons (Fsp3) is 0.0667. The second kappa shape index (κ2) is 5.09. The van der Waals surface area contributed by atoms with Gasteiger partial charge in [-0.25, -0.2) is 4.98 Å². The molecule has 3 rings (SSSR count). The number of pyridine rings is 1. The average molecular weight is 329 g/mol. The van der Waals surface area contributed by atoms with Gasteiger partial charge in [0, 0.05) is 33.8 Å². The van der Waals surface area contributed by atoms with E-state index >= 15 is 0 Å². The largest absolute Gasteiger partial charge is 0.398 e. The molecule has 0 saturated heterocycles. The standard InChI is InChI=1S/C15H13BrN4/c1-10-4-11(16)6-12(5-10)20-9-19-8-15(20)13-7-18-3-2-14(13)17/h2-9H,1H3,(H2,17,18). The number of halogens is 1. The SMILES string of the molecule is Cc1cc(Br)cc(-n2cncc2-c2cnccc2N)c1. The minimum absolute atomic E-state index is 0.688. The van der Waals surface area contributed by atoms with Gasteiger partial charge in [-0.15, -0.1) is 0 Å². The van der Waals surface area contributed by atoms with Crippen molar-refractivity contribution in [1.29, 1.82) is 0 Å². The fourth-order valence-electron chi connectivity index (χ4n) is 2.18. The molecule has 5 heteroatoms. The van der Waals surface area contributed by atoms with Gasteiger partial charge >= 0.3 is 0 Å². The lowest BCUT2D eigenvalue weighted by molar-refractivity contribution is 1.06. The highest BCUT2D eigenvalue weighted by molar-refractivity contribution is 9.10. The van der Waals surface area contributed by atoms with Gasteiger partial charge in [-0.3, -0.25) is 9.55 Å². The number of imidazole rings is 1. The summed E-state index contributed by atoms with van der Waals surface area (Å²) in [7, 11) is 0. The number of nitrogens with zero attached hydrogens (tertiary/aromatic N) is 3. The summed E-state index contributed by atoms with van der Waals surface area (Å²) >= 11 is 3.52. The summed E-state index contributed by atoms with van der Waals surface area (Å²) in [6, 6.07) is 8.00. The lowest BCUT2D eigenvalue weighted by Gasteiger charge is -2.11. The zero-order chi connectivity index (χ0) is 14.1. The predicted molar refractivity (Wildman–Crippen MR) is 83.6 cm³/mol. The van der Waals surface area contributed by atoms with Crippen molar-refractivity contribution in [3.05, 3.63) is 59.2 Å². The molecule has 4 nitrogen and oxygen atoms in total. The highest BCUT2D eigenvalue weighted by Gasteiger charge is 2.10. The molecule has 0 unspecified atom stereocenters. The van der Waals surface area contributed by atoms with Crippen LogP contribution in [0.4, 0.5) is 5.69 Å². The third-order valence-electron chi connectivity index (χ3n) is 3.07. The van der Waals surface area contributed by atoms with Gasteiger partial charge in [0.2, 0.25) is 0 Å². The lowest BCUT2D eigenvalue weighted by atomic mass is 10.1. The maximum Gasteiger partial charge on any atom is 0.0997 e. The number of hydrogen-bond acceptors (Lipinski definition) is 3. The van der Waals surface area contributed by atoms with Gasteiger partial charge in [-0.1, -0.05) is 15.9 Å². The fourth-order valence-corrected chi connectivity index (χ4v) is 2.77. The molecule has 100 valence electrons. The molecular weight excluding hydrogens is 316 g/mol. The van der Waals surface area contributed by atoms with E-state index in [1.165, 1.54) is 5.56 Å². The maximum atomic E-state index is 6.03. The lowest BCUT2D eigenvalue weighted by Crippen LogP contribution is -1.99. The van der Waals surface area contributed by atoms with E-state index in [1.807, 2.05) is 10.6 Å². The molecule has 3 aromatic rings. The van der Waals surface area contributed by atoms with E-state index in [9.17, 15) is 0 Å². The zero-order valence-corrected chi connectivity index (χ0v) is 12.5. The molecule has 2 N–H and O–H groups in total. The Morgan fingerprint density at radius 3 is 2.75 bits per heavy atom. The molecule has 0 spiro atoms. The van der Waals surface area contributed by atoms with E-state index in [2.05, 4.69) is 45.0 Å². The highest BCUT2D eigenvalue weighted by Crippen LogP contribution is 2.28. The second-order valence-corrected chi connectivity index (χ2v) is 5.51. The molecule has 20 heavy (non-hydrogen) atoms. The van der Waals surface area contributed by atoms with Gasteiger partial charge < -0.3 is 5.73 Å². The molecule has 1 aromatic carbocycles. The minimum atomic E-state index is 0.688. The number of hydrogen-bond donors (Lipinski definition) is 1. The smallest absolute Gasteiger partial charge is 0.0997 e. The quantitative estimate of drug-likeness (QED) is 0.782. The van der Waals surface area contributed by atoms with Crippen molar-refractivity contribution in [2.75, 3.05) is 5.73 Å². The van der Waals surface area contributed by atoms with Crippen LogP contribution in [-0.4, -0.2) is 14.5 Å². The van der Waals surface area contributed by atoms with Crippen LogP contribution in [0.15, 0.2) is 53.7 Å². The van der Waals surface area contributed by atoms with Gasteiger partial charge in [-0.2, -0.15) is 0 Å². The van der Waals surface area contributed by atoms with Gasteiger partial charge in [-0.05, 0) is 36.8 Å². The zero-order valence-electron chi connectivity index (χ0n) is 10.9. The number of nitrogen functional groups attached to an aromatic ring is 1. The third-order valence-corrected chi connectivity index (χ3v) is 3.53. The molecule has 0 radical (unpaired) electrons. The second-order valence-electron chi connectivity index (χ2n) is 4.60. The van der Waals surface area contributed by atoms with Gasteiger partial charge in [0.1, 0.15) is 0 Å². The van der Waals surface area contributed by atoms with Crippen LogP contribution in [-0.2, 0) is 0 Å². The molecule has 0 aliphatic heterocycles. The van der Waals surface area contributed by atoms with Gasteiger partial charge in [0.15, 0.2) is 0 Å². The molecule has 0 bridgehead atoms. The number of aryl methyl sites for hydroxylation is 1. The maximum absolute atomic E-state index is 6.03. The van der Waals surface area contributed by atoms with Crippen molar-refractivity contribution in [2.24, 2.45) is 0 Å². The summed E-state index contributed by atoms with van der Waals surface area (Å²) in [4.78, 5) is 8.38. The molecule has 0 saturated carbocycles. The van der Waals surface area contributed by atoms with Crippen molar-refractivity contribution in [2.45, 2.75) is 6.92 Å². The van der Waals surface area contributed by atoms with Crippen LogP contribution in [0.2, 0.25) is 0 Å². The summed E-state index contributed by atoms with van der Waals surface area (Å²) in [6.07, 6.45) is 7.02. The first-order valence-electron chi connectivity index (χ1n) is 6.15. The van der Waals surface area contributed by atoms with E-state index in [1.54, 1.807) is 31.0 Å². The van der Waals surface area contributed by atoms with Crippen LogP contribution in [0.25, 0.3) is 16.9 Å². The van der Waals surface area contributed by atoms with Crippen LogP contribution in [0.5, 0.6) is 0 Å². The van der Waals surface area contributed by atoms with Crippen LogP contribution < -0.4 is 5.73 Å². The Morgan fingerprint density at radius 1 is 1.15 bits per heavy atom. The number of benzene rings is 1. The highest BCUT2D eigenvalue weighted by atomic mass is 79.9. The number of anilines is 1. The van der Waals surface area contributed by atoms with Crippen molar-refractivity contribution < 1.29 is 0 Å². The van der Waals surface area contributed by atoms with E-state index in [0.717, 1.165) is 21.4 Å². The molecule has 0 fully saturated rings. The molecular formula is C15H13BrN4. The molecule has 0 aliphatic rings. The van der Waals surface area contributed by atoms with Crippen molar-refractivity contribution in [3.63, 3.8) is 0 Å².